The van der Waals surface area contributed by atoms with Gasteiger partial charge in [0.15, 0.2) is 5.78 Å². The number of amides is 1. The molecule has 0 aromatic heterocycles. The normalized spacial score (nSPS) is 35.7. The van der Waals surface area contributed by atoms with E-state index >= 15 is 0 Å². The second-order valence-electron chi connectivity index (χ2n) is 21.5. The van der Waals surface area contributed by atoms with E-state index in [1.165, 1.54) is 35.2 Å². The highest BCUT2D eigenvalue weighted by molar-refractivity contribution is 6.63. The Morgan fingerprint density at radius 2 is 1.50 bits per heavy atom. The fourth-order valence-corrected chi connectivity index (χ4v) is 10.1. The van der Waals surface area contributed by atoms with Crippen molar-refractivity contribution in [1.29, 1.82) is 0 Å². The first-order valence-corrected chi connectivity index (χ1v) is 26.3. The summed E-state index contributed by atoms with van der Waals surface area (Å²) >= 11 is 0. The van der Waals surface area contributed by atoms with Gasteiger partial charge in [-0.2, -0.15) is 0 Å². The van der Waals surface area contributed by atoms with Gasteiger partial charge in [-0.25, -0.2) is 4.79 Å². The minimum Gasteiger partial charge on any atom is -0.460 e. The monoisotopic (exact) mass is 1050 g/mol. The van der Waals surface area contributed by atoms with Crippen LogP contribution in [0.5, 0.6) is 0 Å². The first kappa shape index (κ1) is 64.0. The van der Waals surface area contributed by atoms with Crippen molar-refractivity contribution >= 4 is 41.0 Å². The summed E-state index contributed by atoms with van der Waals surface area (Å²) in [6, 6.07) is -1.28. The predicted octanol–water partition coefficient (Wildman–Crippen LogP) is 4.54. The van der Waals surface area contributed by atoms with E-state index in [1.54, 1.807) is 39.0 Å². The Balaban J connectivity index is 2.01. The maximum absolute atomic E-state index is 14.4. The summed E-state index contributed by atoms with van der Waals surface area (Å²) in [5.41, 5.74) is -0.427. The average Bonchev–Trinajstić information content (AvgIpc) is 3.38. The lowest BCUT2D eigenvalue weighted by atomic mass is 9.78. The lowest BCUT2D eigenvalue weighted by Crippen LogP contribution is -2.53. The number of aliphatic hydroxyl groups excluding tert-OH is 5. The average molecular weight is 1050 g/mol. The molecule has 3 rings (SSSR count). The van der Waals surface area contributed by atoms with Crippen LogP contribution in [0.25, 0.3) is 0 Å². The second kappa shape index (κ2) is 30.5. The fourth-order valence-electron chi connectivity index (χ4n) is 10.1. The molecule has 2 unspecified atom stereocenters. The second-order valence-corrected chi connectivity index (χ2v) is 21.5. The minimum absolute atomic E-state index is 0.0402. The van der Waals surface area contributed by atoms with Crippen molar-refractivity contribution in [2.75, 3.05) is 41.1 Å². The summed E-state index contributed by atoms with van der Waals surface area (Å²) in [5.74, 6) is -9.49. The maximum atomic E-state index is 14.4. The van der Waals surface area contributed by atoms with Crippen molar-refractivity contribution in [3.63, 3.8) is 0 Å². The van der Waals surface area contributed by atoms with Crippen molar-refractivity contribution in [2.45, 2.75) is 181 Å². The van der Waals surface area contributed by atoms with Gasteiger partial charge in [-0.15, -0.1) is 0 Å². The molecule has 18 nitrogen and oxygen atoms in total. The Labute approximate surface area is 437 Å². The molecule has 2 aliphatic heterocycles. The molecule has 0 aromatic rings. The number of rotatable bonds is 10. The lowest BCUT2D eigenvalue weighted by molar-refractivity contribution is -0.177. The number of hydrogen-bond acceptors (Lipinski definition) is 17. The highest BCUT2D eigenvalue weighted by atomic mass is 16.6. The summed E-state index contributed by atoms with van der Waals surface area (Å²) in [5, 5.41) is 53.1. The number of cyclic esters (lactones) is 1. The zero-order valence-corrected chi connectivity index (χ0v) is 45.6. The molecule has 1 aliphatic carbocycles. The molecule has 1 amide bonds. The molecular weight excluding hydrogens is 959 g/mol. The Kier molecular flexibility index (Phi) is 26.4. The number of Topliss-reactive ketones (excluding diaryl/α,β-unsaturated/α-hetero) is 4. The number of piperidine rings is 1. The van der Waals surface area contributed by atoms with Gasteiger partial charge in [0.2, 0.25) is 5.78 Å². The molecule has 0 radical (unpaired) electrons. The third-order valence-corrected chi connectivity index (χ3v) is 15.4. The standard InChI is InChI=1S/C56H87NO17/c1-32-17-13-12-14-18-33(2)45(70-9)28-40(60)27-43(62)38(7)50(65)51(66)53(67)57-22-16-15-19-41(57)54(68)73-46(29-42(61)34(3)24-37(6)49(64)52(72-11)48(63)36(5)23-32)35(4)25-39-20-21-44(47(26-39)71-10)74-55(69)56(8,30-58)31-59/h12-14,17-18,24,32,34-36,38-41,43-47,49,52,58-60,62,64H,15-16,19-23,25-31H2,1-11H3/b14-12+,17-13+,33-18+,37-24+/t32-,34-,35-,36-,38-,39+,40?,41+,43?,44-,45+,46+,47-,49-,52+/m1/s1. The molecule has 0 aromatic carbocycles. The molecule has 1 saturated heterocycles. The van der Waals surface area contributed by atoms with Gasteiger partial charge >= 0.3 is 11.9 Å². The van der Waals surface area contributed by atoms with Crippen LogP contribution in [0.4, 0.5) is 0 Å². The topological polar surface area (TPSA) is 270 Å². The molecule has 418 valence electrons. The summed E-state index contributed by atoms with van der Waals surface area (Å²) in [6.45, 7) is 12.0. The zero-order chi connectivity index (χ0) is 55.6. The maximum Gasteiger partial charge on any atom is 0.329 e. The van der Waals surface area contributed by atoms with E-state index in [2.05, 4.69) is 0 Å². The number of methoxy groups -OCH3 is 3. The van der Waals surface area contributed by atoms with E-state index in [0.717, 1.165) is 10.5 Å². The van der Waals surface area contributed by atoms with Gasteiger partial charge < -0.3 is 54.1 Å². The molecule has 18 heteroatoms. The summed E-state index contributed by atoms with van der Waals surface area (Å²) in [6.07, 6.45) is 5.28. The molecular formula is C56H87NO17. The van der Waals surface area contributed by atoms with Crippen molar-refractivity contribution < 1.29 is 82.8 Å². The SMILES string of the molecule is CO[C@H]1CC(O)CC(O)[C@@H](C)C(=O)C(=O)C(=O)N2CCCC[C@H]2C(=O)O[C@H]([C@H](C)C[C@@H]2CC[C@@H](OC(=O)C(C)(CO)CO)[C@H](OC)C2)CC(=O)[C@H](C)/C=C(\C)[C@@H](O)[C@@H](OC)C(=O)[C@H](C)C[C@H](C)/C=C/C=C/C=C/1C. The van der Waals surface area contributed by atoms with Crippen LogP contribution in [0.1, 0.15) is 126 Å². The van der Waals surface area contributed by atoms with Crippen LogP contribution in [0.2, 0.25) is 0 Å². The summed E-state index contributed by atoms with van der Waals surface area (Å²) in [7, 11) is 4.29. The Bertz CT molecular complexity index is 2020. The number of ether oxygens (including phenoxy) is 5. The van der Waals surface area contributed by atoms with E-state index < -0.39 is 127 Å². The van der Waals surface area contributed by atoms with Crippen LogP contribution in [0.15, 0.2) is 47.6 Å². The highest BCUT2D eigenvalue weighted by Gasteiger charge is 2.44. The van der Waals surface area contributed by atoms with Crippen LogP contribution < -0.4 is 0 Å². The third kappa shape index (κ3) is 17.9. The molecule has 1 saturated carbocycles. The van der Waals surface area contributed by atoms with E-state index in [4.69, 9.17) is 23.7 Å². The number of fused-ring (bicyclic) bond motifs is 1. The number of esters is 2. The van der Waals surface area contributed by atoms with Crippen LogP contribution >= 0.6 is 0 Å². The minimum atomic E-state index is -1.50. The number of nitrogens with zero attached hydrogens (tertiary/aromatic N) is 1. The molecule has 15 atom stereocenters. The summed E-state index contributed by atoms with van der Waals surface area (Å²) < 4.78 is 28.9. The Morgan fingerprint density at radius 1 is 0.824 bits per heavy atom. The van der Waals surface area contributed by atoms with Gasteiger partial charge in [-0.05, 0) is 101 Å². The molecule has 0 spiro atoms. The van der Waals surface area contributed by atoms with Crippen molar-refractivity contribution in [3.8, 4) is 0 Å². The first-order chi connectivity index (χ1) is 34.9. The fraction of sp³-hybridized carbons (Fsp3) is 0.732. The van der Waals surface area contributed by atoms with Crippen LogP contribution in [-0.2, 0) is 57.2 Å². The van der Waals surface area contributed by atoms with Crippen LogP contribution in [0, 0.1) is 40.9 Å². The first-order valence-electron chi connectivity index (χ1n) is 26.3. The van der Waals surface area contributed by atoms with E-state index in [-0.39, 0.29) is 55.6 Å². The van der Waals surface area contributed by atoms with E-state index in [1.807, 2.05) is 39.0 Å². The molecule has 3 aliphatic rings. The van der Waals surface area contributed by atoms with Gasteiger partial charge in [-0.3, -0.25) is 28.8 Å². The van der Waals surface area contributed by atoms with Gasteiger partial charge in [0, 0.05) is 64.9 Å². The van der Waals surface area contributed by atoms with Gasteiger partial charge in [0.1, 0.15) is 41.7 Å². The number of hydrogen-bond donors (Lipinski definition) is 5. The van der Waals surface area contributed by atoms with Gasteiger partial charge in [0.05, 0.1) is 37.6 Å². The van der Waals surface area contributed by atoms with E-state index in [9.17, 15) is 59.1 Å². The van der Waals surface area contributed by atoms with Gasteiger partial charge in [-0.1, -0.05) is 71.1 Å². The zero-order valence-electron chi connectivity index (χ0n) is 45.6. The third-order valence-electron chi connectivity index (χ3n) is 15.4. The predicted molar refractivity (Wildman–Crippen MR) is 274 cm³/mol. The van der Waals surface area contributed by atoms with Crippen molar-refractivity contribution in [3.05, 3.63) is 47.6 Å². The largest absolute Gasteiger partial charge is 0.460 e. The highest BCUT2D eigenvalue weighted by Crippen LogP contribution is 2.36. The van der Waals surface area contributed by atoms with E-state index in [0.29, 0.717) is 50.5 Å². The lowest BCUT2D eigenvalue weighted by Gasteiger charge is -2.38. The van der Waals surface area contributed by atoms with Crippen molar-refractivity contribution in [1.82, 2.24) is 4.90 Å². The van der Waals surface area contributed by atoms with Crippen molar-refractivity contribution in [2.24, 2.45) is 40.9 Å². The molecule has 74 heavy (non-hydrogen) atoms. The number of carbonyl (C=O) groups excluding carboxylic acids is 7. The molecule has 2 heterocycles. The molecule has 0 bridgehead atoms. The number of ketones is 4. The van der Waals surface area contributed by atoms with Crippen LogP contribution in [0.3, 0.4) is 0 Å². The molecule has 5 N–H and O–H groups in total. The number of allylic oxidation sites excluding steroid dienone is 6. The Hall–Kier alpha value is -4.27. The Morgan fingerprint density at radius 3 is 2.12 bits per heavy atom. The number of carbonyl (C=O) groups is 7. The van der Waals surface area contributed by atoms with Gasteiger partial charge in [0.25, 0.3) is 11.7 Å². The summed E-state index contributed by atoms with van der Waals surface area (Å²) in [4.78, 5) is 97.4. The smallest absolute Gasteiger partial charge is 0.329 e. The van der Waals surface area contributed by atoms with Crippen LogP contribution in [-0.4, -0.2) is 167 Å². The number of aliphatic hydroxyl groups is 5. The molecule has 2 fully saturated rings. The quantitative estimate of drug-likeness (QED) is 0.114.